The summed E-state index contributed by atoms with van der Waals surface area (Å²) in [7, 11) is 1.68. The number of methoxy groups -OCH3 is 1. The van der Waals surface area contributed by atoms with Crippen molar-refractivity contribution < 1.29 is 4.74 Å². The lowest BCUT2D eigenvalue weighted by molar-refractivity contribution is 0.414. The third kappa shape index (κ3) is 2.92. The summed E-state index contributed by atoms with van der Waals surface area (Å²) in [5.74, 6) is 0.893. The summed E-state index contributed by atoms with van der Waals surface area (Å²) in [6, 6.07) is 8.08. The Kier molecular flexibility index (Phi) is 3.72. The van der Waals surface area contributed by atoms with Gasteiger partial charge in [-0.3, -0.25) is 4.99 Å². The second-order valence-corrected chi connectivity index (χ2v) is 5.20. The van der Waals surface area contributed by atoms with Gasteiger partial charge in [-0.05, 0) is 17.7 Å². The van der Waals surface area contributed by atoms with Gasteiger partial charge >= 0.3 is 0 Å². The summed E-state index contributed by atoms with van der Waals surface area (Å²) in [6.45, 7) is 3.94. The van der Waals surface area contributed by atoms with Crippen molar-refractivity contribution in [3.05, 3.63) is 29.8 Å². The molecule has 0 aliphatic carbocycles. The summed E-state index contributed by atoms with van der Waals surface area (Å²) in [5.41, 5.74) is 1.24. The molecule has 0 saturated heterocycles. The molecule has 1 atom stereocenters. The predicted octanol–water partition coefficient (Wildman–Crippen LogP) is 2.28. The van der Waals surface area contributed by atoms with Gasteiger partial charge < -0.3 is 10.1 Å². The van der Waals surface area contributed by atoms with Gasteiger partial charge in [-0.2, -0.15) is 0 Å². The number of benzene rings is 1. The van der Waals surface area contributed by atoms with Gasteiger partial charge in [0.15, 0.2) is 5.17 Å². The van der Waals surface area contributed by atoms with E-state index in [2.05, 4.69) is 29.4 Å². The maximum Gasteiger partial charge on any atom is 0.157 e. The second kappa shape index (κ2) is 5.25. The van der Waals surface area contributed by atoms with Crippen molar-refractivity contribution in [2.75, 3.05) is 13.7 Å². The molecule has 1 N–H and O–H groups in total. The molecule has 86 valence electrons. The lowest BCUT2D eigenvalue weighted by atomic mass is 10.2. The summed E-state index contributed by atoms with van der Waals surface area (Å²) in [5, 5.41) is 5.01. The maximum absolute atomic E-state index is 5.11. The first-order valence-electron chi connectivity index (χ1n) is 5.36. The highest BCUT2D eigenvalue weighted by atomic mass is 32.2. The fourth-order valence-electron chi connectivity index (χ4n) is 1.50. The van der Waals surface area contributed by atoms with Crippen molar-refractivity contribution in [3.8, 4) is 5.75 Å². The van der Waals surface area contributed by atoms with Gasteiger partial charge in [0.05, 0.1) is 13.7 Å². The number of rotatable bonds is 3. The first-order valence-corrected chi connectivity index (χ1v) is 6.24. The average Bonchev–Trinajstić information content (AvgIpc) is 2.73. The third-order valence-electron chi connectivity index (χ3n) is 2.41. The van der Waals surface area contributed by atoms with Crippen LogP contribution in [-0.2, 0) is 6.54 Å². The molecule has 0 saturated carbocycles. The second-order valence-electron chi connectivity index (χ2n) is 3.78. The fourth-order valence-corrected chi connectivity index (χ4v) is 2.33. The van der Waals surface area contributed by atoms with Crippen LogP contribution in [-0.4, -0.2) is 24.1 Å². The van der Waals surface area contributed by atoms with Crippen LogP contribution in [0.1, 0.15) is 12.5 Å². The van der Waals surface area contributed by atoms with Gasteiger partial charge in [-0.15, -0.1) is 0 Å². The minimum Gasteiger partial charge on any atom is -0.497 e. The van der Waals surface area contributed by atoms with Crippen LogP contribution in [0.3, 0.4) is 0 Å². The molecular formula is C12H16N2OS. The molecule has 1 aliphatic rings. The van der Waals surface area contributed by atoms with E-state index in [4.69, 9.17) is 4.74 Å². The Bertz CT molecular complexity index is 375. The topological polar surface area (TPSA) is 33.6 Å². The largest absolute Gasteiger partial charge is 0.497 e. The lowest BCUT2D eigenvalue weighted by Crippen LogP contribution is -2.18. The van der Waals surface area contributed by atoms with Crippen LogP contribution in [0.25, 0.3) is 0 Å². The molecule has 0 spiro atoms. The Labute approximate surface area is 100 Å². The molecule has 2 rings (SSSR count). The number of hydrogen-bond acceptors (Lipinski definition) is 4. The van der Waals surface area contributed by atoms with Crippen molar-refractivity contribution in [1.29, 1.82) is 0 Å². The van der Waals surface area contributed by atoms with E-state index < -0.39 is 0 Å². The quantitative estimate of drug-likeness (QED) is 0.874. The highest BCUT2D eigenvalue weighted by Crippen LogP contribution is 2.19. The van der Waals surface area contributed by atoms with Gasteiger partial charge in [0.2, 0.25) is 0 Å². The Morgan fingerprint density at radius 3 is 2.75 bits per heavy atom. The predicted molar refractivity (Wildman–Crippen MR) is 69.2 cm³/mol. The SMILES string of the molecule is COc1ccc(CNC2=NCC(C)S2)cc1. The maximum atomic E-state index is 5.11. The minimum absolute atomic E-state index is 0.610. The lowest BCUT2D eigenvalue weighted by Gasteiger charge is -2.06. The highest BCUT2D eigenvalue weighted by Gasteiger charge is 2.13. The average molecular weight is 236 g/mol. The van der Waals surface area contributed by atoms with Crippen LogP contribution in [0.5, 0.6) is 5.75 Å². The molecule has 0 amide bonds. The van der Waals surface area contributed by atoms with E-state index >= 15 is 0 Å². The number of amidine groups is 1. The van der Waals surface area contributed by atoms with Gasteiger partial charge in [0.1, 0.15) is 5.75 Å². The van der Waals surface area contributed by atoms with Crippen LogP contribution >= 0.6 is 11.8 Å². The van der Waals surface area contributed by atoms with Crippen LogP contribution in [0.15, 0.2) is 29.3 Å². The molecule has 4 heteroatoms. The molecule has 1 aliphatic heterocycles. The van der Waals surface area contributed by atoms with E-state index in [-0.39, 0.29) is 0 Å². The molecule has 1 unspecified atom stereocenters. The molecule has 1 aromatic carbocycles. The van der Waals surface area contributed by atoms with Gasteiger partial charge in [0, 0.05) is 11.8 Å². The zero-order valence-electron chi connectivity index (χ0n) is 9.56. The Balaban J connectivity index is 1.85. The number of ether oxygens (including phenoxy) is 1. The van der Waals surface area contributed by atoms with E-state index in [9.17, 15) is 0 Å². The number of nitrogens with zero attached hydrogens (tertiary/aromatic N) is 1. The van der Waals surface area contributed by atoms with Crippen LogP contribution in [0.2, 0.25) is 0 Å². The molecular weight excluding hydrogens is 220 g/mol. The third-order valence-corrected chi connectivity index (χ3v) is 3.46. The van der Waals surface area contributed by atoms with E-state index in [1.807, 2.05) is 12.1 Å². The first kappa shape index (κ1) is 11.3. The van der Waals surface area contributed by atoms with Crippen molar-refractivity contribution in [2.24, 2.45) is 4.99 Å². The Hall–Kier alpha value is -1.16. The van der Waals surface area contributed by atoms with E-state index in [0.717, 1.165) is 24.0 Å². The molecule has 1 heterocycles. The summed E-state index contributed by atoms with van der Waals surface area (Å²) in [6.07, 6.45) is 0. The molecule has 3 nitrogen and oxygen atoms in total. The van der Waals surface area contributed by atoms with Crippen molar-refractivity contribution in [3.63, 3.8) is 0 Å². The fraction of sp³-hybridized carbons (Fsp3) is 0.417. The normalized spacial score (nSPS) is 19.4. The smallest absolute Gasteiger partial charge is 0.157 e. The summed E-state index contributed by atoms with van der Waals surface area (Å²) in [4.78, 5) is 4.41. The van der Waals surface area contributed by atoms with Gasteiger partial charge in [0.25, 0.3) is 0 Å². The summed E-state index contributed by atoms with van der Waals surface area (Å²) < 4.78 is 5.11. The van der Waals surface area contributed by atoms with Gasteiger partial charge in [-0.1, -0.05) is 30.8 Å². The van der Waals surface area contributed by atoms with Crippen molar-refractivity contribution in [2.45, 2.75) is 18.7 Å². The molecule has 0 bridgehead atoms. The van der Waals surface area contributed by atoms with Gasteiger partial charge in [-0.25, -0.2) is 0 Å². The zero-order chi connectivity index (χ0) is 11.4. The first-order chi connectivity index (χ1) is 7.78. The summed E-state index contributed by atoms with van der Waals surface area (Å²) >= 11 is 1.81. The minimum atomic E-state index is 0.610. The van der Waals surface area contributed by atoms with E-state index in [1.165, 1.54) is 5.56 Å². The molecule has 1 aromatic rings. The molecule has 0 aromatic heterocycles. The van der Waals surface area contributed by atoms with Crippen LogP contribution in [0.4, 0.5) is 0 Å². The standard InChI is InChI=1S/C12H16N2OS/c1-9-7-13-12(16-9)14-8-10-3-5-11(15-2)6-4-10/h3-6,9H,7-8H2,1-2H3,(H,13,14). The van der Waals surface area contributed by atoms with Crippen molar-refractivity contribution >= 4 is 16.9 Å². The van der Waals surface area contributed by atoms with Crippen LogP contribution in [0, 0.1) is 0 Å². The Morgan fingerprint density at radius 1 is 1.44 bits per heavy atom. The zero-order valence-corrected chi connectivity index (χ0v) is 10.4. The number of nitrogens with one attached hydrogen (secondary N) is 1. The number of aliphatic imine (C=N–C) groups is 1. The number of thioether (sulfide) groups is 1. The monoisotopic (exact) mass is 236 g/mol. The van der Waals surface area contributed by atoms with E-state index in [1.54, 1.807) is 18.9 Å². The number of hydrogen-bond donors (Lipinski definition) is 1. The van der Waals surface area contributed by atoms with Crippen molar-refractivity contribution in [1.82, 2.24) is 5.32 Å². The molecule has 16 heavy (non-hydrogen) atoms. The van der Waals surface area contributed by atoms with E-state index in [0.29, 0.717) is 5.25 Å². The highest BCUT2D eigenvalue weighted by molar-refractivity contribution is 8.14. The molecule has 0 fully saturated rings. The molecule has 0 radical (unpaired) electrons. The van der Waals surface area contributed by atoms with Crippen LogP contribution < -0.4 is 10.1 Å². The Morgan fingerprint density at radius 2 is 2.19 bits per heavy atom.